The number of carbonyl (C=O) groups is 1. The smallest absolute Gasteiger partial charge is 0.277 e. The van der Waals surface area contributed by atoms with Crippen molar-refractivity contribution in [3.63, 3.8) is 0 Å². The second-order valence-electron chi connectivity index (χ2n) is 7.39. The summed E-state index contributed by atoms with van der Waals surface area (Å²) in [7, 11) is -1.11. The topological polar surface area (TPSA) is 136 Å². The number of rotatable bonds is 7. The summed E-state index contributed by atoms with van der Waals surface area (Å²) in [5.41, 5.74) is 2.78. The molecule has 0 saturated heterocycles. The normalized spacial score (nSPS) is 13.1. The molecule has 3 aromatic heterocycles. The summed E-state index contributed by atoms with van der Waals surface area (Å²) in [5, 5.41) is 7.99. The second kappa shape index (κ2) is 8.42. The molecule has 3 heterocycles. The van der Waals surface area contributed by atoms with Crippen LogP contribution in [0.15, 0.2) is 47.3 Å². The van der Waals surface area contributed by atoms with E-state index in [1.165, 1.54) is 19.6 Å². The van der Waals surface area contributed by atoms with Gasteiger partial charge in [-0.3, -0.25) is 23.4 Å². The molecule has 0 radical (unpaired) electrons. The van der Waals surface area contributed by atoms with E-state index in [-0.39, 0.29) is 11.4 Å². The lowest BCUT2D eigenvalue weighted by molar-refractivity contribution is 0.102. The number of hydrogen-bond acceptors (Lipinski definition) is 8. The first-order valence-corrected chi connectivity index (χ1v) is 11.8. The molecular weight excluding hydrogens is 432 g/mol. The Kier molecular flexibility index (Phi) is 5.66. The van der Waals surface area contributed by atoms with Crippen molar-refractivity contribution in [2.75, 3.05) is 24.4 Å². The minimum atomic E-state index is -2.61. The Hall–Kier alpha value is -3.73. The molecule has 1 atom stereocenters. The third-order valence-corrected chi connectivity index (χ3v) is 5.67. The van der Waals surface area contributed by atoms with Gasteiger partial charge in [0.15, 0.2) is 5.69 Å². The Bertz CT molecular complexity index is 1410. The molecule has 4 rings (SSSR count). The molecular formula is C21H22N6O4S. The first-order chi connectivity index (χ1) is 15.2. The highest BCUT2D eigenvalue weighted by Crippen LogP contribution is 2.30. The van der Waals surface area contributed by atoms with Gasteiger partial charge >= 0.3 is 0 Å². The number of methoxy groups -OCH3 is 1. The van der Waals surface area contributed by atoms with E-state index in [0.717, 1.165) is 16.6 Å². The van der Waals surface area contributed by atoms with Crippen molar-refractivity contribution in [2.24, 2.45) is 0 Å². The van der Waals surface area contributed by atoms with Gasteiger partial charge in [0.05, 0.1) is 30.6 Å². The molecule has 0 fully saturated rings. The molecule has 166 valence electrons. The van der Waals surface area contributed by atoms with Crippen LogP contribution in [0.25, 0.3) is 22.4 Å². The number of aromatic nitrogens is 4. The molecule has 32 heavy (non-hydrogen) atoms. The molecule has 1 aromatic carbocycles. The first-order valence-electron chi connectivity index (χ1n) is 9.68. The number of aryl methyl sites for hydroxylation is 2. The average Bonchev–Trinajstić information content (AvgIpc) is 3.38. The predicted molar refractivity (Wildman–Crippen MR) is 120 cm³/mol. The van der Waals surface area contributed by atoms with Crippen molar-refractivity contribution in [3.05, 3.63) is 54.3 Å². The van der Waals surface area contributed by atoms with E-state index in [1.54, 1.807) is 35.3 Å². The van der Waals surface area contributed by atoms with E-state index in [9.17, 15) is 9.00 Å². The number of anilines is 1. The van der Waals surface area contributed by atoms with Gasteiger partial charge in [-0.25, -0.2) is 4.98 Å². The largest absolute Gasteiger partial charge is 0.494 e. The quantitative estimate of drug-likeness (QED) is 0.437. The van der Waals surface area contributed by atoms with Gasteiger partial charge in [-0.2, -0.15) is 5.10 Å². The molecule has 1 unspecified atom stereocenters. The van der Waals surface area contributed by atoms with Gasteiger partial charge in [-0.05, 0) is 25.1 Å². The molecule has 11 heteroatoms. The number of fused-ring (bicyclic) bond motifs is 1. The Balaban J connectivity index is 1.57. The standard InChI is InChI=1S/C21H22N6O4S/c1-13-8-14(4-5-23-13)21-25-18(12-31-21)20(28)24-17-9-15-11-27(6-7-32(3,22)29)26-16(15)10-19(17)30-2/h4-5,8-12,22H,6-7H2,1-3H3,(H,24,28). The minimum absolute atomic E-state index is 0.125. The molecule has 0 aliphatic carbocycles. The Morgan fingerprint density at radius 2 is 2.16 bits per heavy atom. The van der Waals surface area contributed by atoms with E-state index < -0.39 is 15.6 Å². The average molecular weight is 455 g/mol. The zero-order valence-corrected chi connectivity index (χ0v) is 18.6. The lowest BCUT2D eigenvalue weighted by Gasteiger charge is -2.09. The first kappa shape index (κ1) is 21.5. The third-order valence-electron chi connectivity index (χ3n) is 4.71. The summed E-state index contributed by atoms with van der Waals surface area (Å²) < 4.78 is 31.7. The fourth-order valence-corrected chi connectivity index (χ4v) is 3.66. The number of hydrogen-bond donors (Lipinski definition) is 2. The van der Waals surface area contributed by atoms with Crippen molar-refractivity contribution in [1.29, 1.82) is 4.78 Å². The Labute approximate surface area is 184 Å². The van der Waals surface area contributed by atoms with Crippen LogP contribution in [0.1, 0.15) is 16.2 Å². The summed E-state index contributed by atoms with van der Waals surface area (Å²) in [4.78, 5) is 21.2. The van der Waals surface area contributed by atoms with Gasteiger partial charge in [-0.1, -0.05) is 0 Å². The van der Waals surface area contributed by atoms with E-state index >= 15 is 0 Å². The summed E-state index contributed by atoms with van der Waals surface area (Å²) in [5.74, 6) is 0.513. The highest BCUT2D eigenvalue weighted by molar-refractivity contribution is 7.91. The second-order valence-corrected chi connectivity index (χ2v) is 9.81. The van der Waals surface area contributed by atoms with Crippen molar-refractivity contribution in [3.8, 4) is 17.2 Å². The van der Waals surface area contributed by atoms with Crippen LogP contribution in [0.5, 0.6) is 5.75 Å². The van der Waals surface area contributed by atoms with Gasteiger partial charge in [-0.15, -0.1) is 0 Å². The Morgan fingerprint density at radius 1 is 1.34 bits per heavy atom. The van der Waals surface area contributed by atoms with E-state index in [0.29, 0.717) is 29.4 Å². The van der Waals surface area contributed by atoms with Gasteiger partial charge in [0.1, 0.15) is 12.0 Å². The highest BCUT2D eigenvalue weighted by Gasteiger charge is 2.17. The summed E-state index contributed by atoms with van der Waals surface area (Å²) >= 11 is 0. The van der Waals surface area contributed by atoms with Crippen LogP contribution < -0.4 is 10.1 Å². The fraction of sp³-hybridized carbons (Fsp3) is 0.238. The molecule has 0 spiro atoms. The lowest BCUT2D eigenvalue weighted by Crippen LogP contribution is -2.13. The lowest BCUT2D eigenvalue weighted by atomic mass is 10.2. The van der Waals surface area contributed by atoms with Crippen molar-refractivity contribution >= 4 is 32.2 Å². The number of nitrogens with one attached hydrogen (secondary N) is 2. The van der Waals surface area contributed by atoms with Gasteiger partial charge in [0, 0.05) is 51.1 Å². The highest BCUT2D eigenvalue weighted by atomic mass is 32.2. The number of pyridine rings is 1. The van der Waals surface area contributed by atoms with Gasteiger partial charge < -0.3 is 14.5 Å². The zero-order chi connectivity index (χ0) is 22.9. The maximum Gasteiger partial charge on any atom is 0.277 e. The number of benzene rings is 1. The zero-order valence-electron chi connectivity index (χ0n) is 17.8. The number of oxazole rings is 1. The maximum absolute atomic E-state index is 12.8. The van der Waals surface area contributed by atoms with Crippen LogP contribution in [-0.2, 0) is 16.3 Å². The number of amides is 1. The maximum atomic E-state index is 12.8. The van der Waals surface area contributed by atoms with E-state index in [1.807, 2.05) is 13.0 Å². The van der Waals surface area contributed by atoms with Crippen LogP contribution in [-0.4, -0.2) is 49.0 Å². The Morgan fingerprint density at radius 3 is 2.88 bits per heavy atom. The molecule has 0 saturated carbocycles. The monoisotopic (exact) mass is 454 g/mol. The summed E-state index contributed by atoms with van der Waals surface area (Å²) in [6, 6.07) is 7.03. The number of carbonyl (C=O) groups excluding carboxylic acids is 1. The molecule has 2 N–H and O–H groups in total. The molecule has 10 nitrogen and oxygen atoms in total. The van der Waals surface area contributed by atoms with Crippen molar-refractivity contribution < 1.29 is 18.2 Å². The molecule has 0 bridgehead atoms. The molecule has 0 aliphatic heterocycles. The van der Waals surface area contributed by atoms with Crippen LogP contribution in [0.2, 0.25) is 0 Å². The van der Waals surface area contributed by atoms with Gasteiger partial charge in [0.2, 0.25) is 5.89 Å². The van der Waals surface area contributed by atoms with E-state index in [2.05, 4.69) is 20.4 Å². The predicted octanol–water partition coefficient (Wildman–Crippen LogP) is 3.33. The number of ether oxygens (including phenoxy) is 1. The van der Waals surface area contributed by atoms with Crippen molar-refractivity contribution in [1.82, 2.24) is 19.7 Å². The molecule has 4 aromatic rings. The molecule has 1 amide bonds. The third kappa shape index (κ3) is 4.78. The summed E-state index contributed by atoms with van der Waals surface area (Å²) in [6.45, 7) is 2.21. The van der Waals surface area contributed by atoms with Crippen molar-refractivity contribution in [2.45, 2.75) is 13.5 Å². The SMILES string of the molecule is COc1cc2nn(CCS(C)(=N)=O)cc2cc1NC(=O)c1coc(-c2ccnc(C)c2)n1. The van der Waals surface area contributed by atoms with Crippen LogP contribution >= 0.6 is 0 Å². The van der Waals surface area contributed by atoms with Crippen LogP contribution in [0, 0.1) is 11.7 Å². The summed E-state index contributed by atoms with van der Waals surface area (Å²) in [6.07, 6.45) is 6.12. The van der Waals surface area contributed by atoms with Crippen LogP contribution in [0.4, 0.5) is 5.69 Å². The number of nitrogens with zero attached hydrogens (tertiary/aromatic N) is 4. The van der Waals surface area contributed by atoms with Crippen LogP contribution in [0.3, 0.4) is 0 Å². The van der Waals surface area contributed by atoms with Gasteiger partial charge in [0.25, 0.3) is 5.91 Å². The fourth-order valence-electron chi connectivity index (χ4n) is 3.13. The van der Waals surface area contributed by atoms with E-state index in [4.69, 9.17) is 13.9 Å². The molecule has 0 aliphatic rings. The minimum Gasteiger partial charge on any atom is -0.494 e.